The molecule has 1 amide bonds. The van der Waals surface area contributed by atoms with Gasteiger partial charge in [-0.05, 0) is 104 Å². The van der Waals surface area contributed by atoms with Crippen molar-refractivity contribution in [2.45, 2.75) is 143 Å². The van der Waals surface area contributed by atoms with Crippen molar-refractivity contribution in [1.82, 2.24) is 5.32 Å². The molecule has 0 saturated heterocycles. The number of ketones is 1. The fourth-order valence-electron chi connectivity index (χ4n) is 10.6. The Morgan fingerprint density at radius 2 is 1.53 bits per heavy atom. The van der Waals surface area contributed by atoms with Crippen molar-refractivity contribution < 1.29 is 38.4 Å². The number of aliphatic carboxylic acids is 1. The monoisotopic (exact) mass is 718 g/mol. The van der Waals surface area contributed by atoms with Gasteiger partial charge in [0.25, 0.3) is 0 Å². The molecule has 2 N–H and O–H groups in total. The molecule has 292 valence electrons. The molecule has 4 rings (SSSR count). The van der Waals surface area contributed by atoms with Crippen LogP contribution < -0.4 is 5.32 Å². The number of carbonyl (C=O) groups excluding carboxylic acids is 2. The molecule has 4 aliphatic rings. The van der Waals surface area contributed by atoms with Gasteiger partial charge in [0.15, 0.2) is 0 Å². The number of fused-ring (bicyclic) bond motifs is 5. The third-order valence-corrected chi connectivity index (χ3v) is 13.4. The first-order chi connectivity index (χ1) is 24.4. The van der Waals surface area contributed by atoms with E-state index in [0.717, 1.165) is 54.8 Å². The predicted molar refractivity (Wildman–Crippen MR) is 200 cm³/mol. The lowest BCUT2D eigenvalue weighted by atomic mass is 9.47. The molecule has 51 heavy (non-hydrogen) atoms. The summed E-state index contributed by atoms with van der Waals surface area (Å²) in [6.07, 6.45) is 17.7. The Balaban J connectivity index is 1.05. The fraction of sp³-hybridized carbons (Fsp3) is 0.881. The standard InChI is InChI=1S/C42H71NO8/c1-30(2)9-6-10-31(3)36-15-16-37-35-14-12-32-29-34(18-20-41(32,4)38(35)19-21-42(36,37)5)51-40(47)43-22-8-24-49-26-28-50-27-25-48-23-7-11-33(44)13-17-39(45)46/h12,30-31,34-38H,6-11,13-29H2,1-5H3,(H,43,47)(H,45,46)/t31-,34?,35+,36-,37+,38+,41+,42-/m1/s1. The van der Waals surface area contributed by atoms with Crippen LogP contribution in [0.25, 0.3) is 0 Å². The van der Waals surface area contributed by atoms with E-state index in [-0.39, 0.29) is 36.2 Å². The normalized spacial score (nSPS) is 30.5. The number of rotatable bonds is 23. The highest BCUT2D eigenvalue weighted by Gasteiger charge is 2.59. The summed E-state index contributed by atoms with van der Waals surface area (Å²) < 4.78 is 22.5. The number of hydrogen-bond acceptors (Lipinski definition) is 7. The summed E-state index contributed by atoms with van der Waals surface area (Å²) in [6, 6.07) is 0. The maximum absolute atomic E-state index is 12.6. The number of amides is 1. The number of carboxylic acid groups (broad SMARTS) is 1. The second-order valence-corrected chi connectivity index (χ2v) is 17.2. The first-order valence-electron chi connectivity index (χ1n) is 20.5. The molecule has 4 aliphatic carbocycles. The van der Waals surface area contributed by atoms with Gasteiger partial charge in [0.1, 0.15) is 11.9 Å². The van der Waals surface area contributed by atoms with E-state index < -0.39 is 5.97 Å². The molecule has 0 aromatic carbocycles. The lowest BCUT2D eigenvalue weighted by Crippen LogP contribution is -2.51. The van der Waals surface area contributed by atoms with Gasteiger partial charge in [-0.2, -0.15) is 0 Å². The zero-order valence-corrected chi connectivity index (χ0v) is 32.7. The van der Waals surface area contributed by atoms with E-state index in [9.17, 15) is 14.4 Å². The Morgan fingerprint density at radius 3 is 2.24 bits per heavy atom. The Bertz CT molecular complexity index is 1140. The zero-order valence-electron chi connectivity index (χ0n) is 32.7. The van der Waals surface area contributed by atoms with Gasteiger partial charge >= 0.3 is 12.1 Å². The average molecular weight is 718 g/mol. The Labute approximate surface area is 308 Å². The van der Waals surface area contributed by atoms with E-state index >= 15 is 0 Å². The molecule has 0 radical (unpaired) electrons. The number of ether oxygens (including phenoxy) is 4. The van der Waals surface area contributed by atoms with Gasteiger partial charge in [-0.3, -0.25) is 9.59 Å². The number of alkyl carbamates (subject to hydrolysis) is 1. The molecule has 0 bridgehead atoms. The molecule has 3 fully saturated rings. The van der Waals surface area contributed by atoms with E-state index in [4.69, 9.17) is 24.1 Å². The fourth-order valence-corrected chi connectivity index (χ4v) is 10.6. The molecular formula is C42H71NO8. The minimum absolute atomic E-state index is 0.0408. The summed E-state index contributed by atoms with van der Waals surface area (Å²) in [5, 5.41) is 11.5. The SMILES string of the molecule is CC(C)CCC[C@@H](C)[C@H]1CC[C@H]2[C@@H]3CC=C4CC(OC(=O)NCCCOCCOCCOCCCC(=O)CCC(=O)O)CC[C@]4(C)[C@H]3CC[C@]12C. The van der Waals surface area contributed by atoms with Crippen molar-refractivity contribution in [2.24, 2.45) is 46.3 Å². The predicted octanol–water partition coefficient (Wildman–Crippen LogP) is 8.78. The van der Waals surface area contributed by atoms with E-state index in [0.29, 0.717) is 70.9 Å². The van der Waals surface area contributed by atoms with Crippen LogP contribution in [0.15, 0.2) is 11.6 Å². The molecular weight excluding hydrogens is 646 g/mol. The second-order valence-electron chi connectivity index (χ2n) is 17.2. The van der Waals surface area contributed by atoms with Gasteiger partial charge in [-0.1, -0.05) is 65.5 Å². The topological polar surface area (TPSA) is 120 Å². The van der Waals surface area contributed by atoms with Gasteiger partial charge in [0.2, 0.25) is 0 Å². The van der Waals surface area contributed by atoms with Crippen molar-refractivity contribution in [3.8, 4) is 0 Å². The van der Waals surface area contributed by atoms with Crippen LogP contribution in [0.5, 0.6) is 0 Å². The molecule has 0 aliphatic heterocycles. The highest BCUT2D eigenvalue weighted by atomic mass is 16.6. The van der Waals surface area contributed by atoms with Crippen molar-refractivity contribution >= 4 is 17.8 Å². The minimum atomic E-state index is -0.949. The summed E-state index contributed by atoms with van der Waals surface area (Å²) in [6.45, 7) is 15.8. The number of allylic oxidation sites excluding steroid dienone is 1. The van der Waals surface area contributed by atoms with Crippen molar-refractivity contribution in [1.29, 1.82) is 0 Å². The average Bonchev–Trinajstić information content (AvgIpc) is 3.44. The highest BCUT2D eigenvalue weighted by Crippen LogP contribution is 2.67. The number of Topliss-reactive ketones (excluding diaryl/α,β-unsaturated/α-hetero) is 1. The van der Waals surface area contributed by atoms with E-state index in [2.05, 4.69) is 46.0 Å². The van der Waals surface area contributed by atoms with E-state index in [1.807, 2.05) is 0 Å². The number of carboxylic acids is 1. The molecule has 0 heterocycles. The van der Waals surface area contributed by atoms with Crippen LogP contribution in [0.1, 0.15) is 137 Å². The maximum Gasteiger partial charge on any atom is 0.407 e. The molecule has 0 aromatic heterocycles. The van der Waals surface area contributed by atoms with Crippen LogP contribution in [0.3, 0.4) is 0 Å². The third kappa shape index (κ3) is 12.0. The third-order valence-electron chi connectivity index (χ3n) is 13.4. The van der Waals surface area contributed by atoms with Crippen LogP contribution in [-0.2, 0) is 28.5 Å². The first-order valence-corrected chi connectivity index (χ1v) is 20.5. The van der Waals surface area contributed by atoms with Crippen molar-refractivity contribution in [2.75, 3.05) is 46.2 Å². The largest absolute Gasteiger partial charge is 0.481 e. The van der Waals surface area contributed by atoms with E-state index in [1.165, 1.54) is 51.4 Å². The molecule has 0 aromatic rings. The molecule has 9 nitrogen and oxygen atoms in total. The Kier molecular flexibility index (Phi) is 16.8. The Morgan fingerprint density at radius 1 is 0.824 bits per heavy atom. The maximum atomic E-state index is 12.6. The number of nitrogens with one attached hydrogen (secondary N) is 1. The molecule has 0 spiro atoms. The first kappa shape index (κ1) is 41.8. The highest BCUT2D eigenvalue weighted by molar-refractivity contribution is 5.82. The van der Waals surface area contributed by atoms with Crippen LogP contribution in [0.4, 0.5) is 4.79 Å². The van der Waals surface area contributed by atoms with Gasteiger partial charge in [-0.15, -0.1) is 0 Å². The van der Waals surface area contributed by atoms with Gasteiger partial charge in [0.05, 0.1) is 32.8 Å². The molecule has 8 atom stereocenters. The summed E-state index contributed by atoms with van der Waals surface area (Å²) >= 11 is 0. The zero-order chi connectivity index (χ0) is 36.9. The van der Waals surface area contributed by atoms with Crippen LogP contribution in [-0.4, -0.2) is 75.2 Å². The van der Waals surface area contributed by atoms with Gasteiger partial charge in [0, 0.05) is 39.0 Å². The Hall–Kier alpha value is -1.97. The van der Waals surface area contributed by atoms with Gasteiger partial charge in [-0.25, -0.2) is 4.79 Å². The van der Waals surface area contributed by atoms with Gasteiger partial charge < -0.3 is 29.4 Å². The quantitative estimate of drug-likeness (QED) is 0.0795. The smallest absolute Gasteiger partial charge is 0.407 e. The van der Waals surface area contributed by atoms with Crippen molar-refractivity contribution in [3.05, 3.63) is 11.6 Å². The lowest BCUT2D eigenvalue weighted by molar-refractivity contribution is -0.138. The summed E-state index contributed by atoms with van der Waals surface area (Å²) in [5.74, 6) is 3.98. The van der Waals surface area contributed by atoms with Crippen LogP contribution in [0, 0.1) is 46.3 Å². The van der Waals surface area contributed by atoms with E-state index in [1.54, 1.807) is 5.57 Å². The van der Waals surface area contributed by atoms with Crippen LogP contribution >= 0.6 is 0 Å². The molecule has 3 saturated carbocycles. The minimum Gasteiger partial charge on any atom is -0.481 e. The second kappa shape index (κ2) is 20.5. The molecule has 9 heteroatoms. The summed E-state index contributed by atoms with van der Waals surface area (Å²) in [5.41, 5.74) is 2.31. The van der Waals surface area contributed by atoms with Crippen molar-refractivity contribution in [3.63, 3.8) is 0 Å². The van der Waals surface area contributed by atoms with Crippen LogP contribution in [0.2, 0.25) is 0 Å². The number of hydrogen-bond donors (Lipinski definition) is 2. The lowest BCUT2D eigenvalue weighted by Gasteiger charge is -2.58. The summed E-state index contributed by atoms with van der Waals surface area (Å²) in [7, 11) is 0. The molecule has 1 unspecified atom stereocenters. The number of carbonyl (C=O) groups is 3. The summed E-state index contributed by atoms with van der Waals surface area (Å²) in [4.78, 5) is 34.7.